The summed E-state index contributed by atoms with van der Waals surface area (Å²) >= 11 is 9.37. The highest BCUT2D eigenvalue weighted by Gasteiger charge is 2.19. The van der Waals surface area contributed by atoms with Gasteiger partial charge in [-0.3, -0.25) is 9.69 Å². The van der Waals surface area contributed by atoms with Gasteiger partial charge in [0.1, 0.15) is 5.82 Å². The number of carbonyl (C=O) groups excluding carboxylic acids is 1. The molecule has 6 heteroatoms. The topological polar surface area (TPSA) is 23.6 Å². The van der Waals surface area contributed by atoms with E-state index in [1.807, 2.05) is 11.0 Å². The Hall–Kier alpha value is -1.69. The van der Waals surface area contributed by atoms with Crippen LogP contribution in [0.1, 0.15) is 11.1 Å². The molecule has 0 N–H and O–H groups in total. The molecule has 0 aromatic heterocycles. The van der Waals surface area contributed by atoms with E-state index in [2.05, 4.69) is 20.8 Å². The van der Waals surface area contributed by atoms with Gasteiger partial charge in [0.05, 0.1) is 0 Å². The van der Waals surface area contributed by atoms with Crippen molar-refractivity contribution < 1.29 is 9.18 Å². The molecule has 3 rings (SSSR count). The number of halogens is 3. The predicted molar refractivity (Wildman–Crippen MR) is 106 cm³/mol. The molecule has 1 fully saturated rings. The van der Waals surface area contributed by atoms with Crippen LogP contribution in [-0.2, 0) is 11.3 Å². The fraction of sp³-hybridized carbons (Fsp3) is 0.250. The van der Waals surface area contributed by atoms with Gasteiger partial charge in [-0.25, -0.2) is 4.39 Å². The lowest BCUT2D eigenvalue weighted by atomic mass is 10.2. The summed E-state index contributed by atoms with van der Waals surface area (Å²) in [6, 6.07) is 12.0. The highest BCUT2D eigenvalue weighted by atomic mass is 79.9. The molecule has 2 aromatic rings. The molecule has 0 bridgehead atoms. The molecule has 1 heterocycles. The third kappa shape index (κ3) is 5.16. The number of carbonyl (C=O) groups is 1. The van der Waals surface area contributed by atoms with Crippen LogP contribution >= 0.6 is 27.5 Å². The van der Waals surface area contributed by atoms with Crippen LogP contribution in [0.15, 0.2) is 53.0 Å². The van der Waals surface area contributed by atoms with Crippen LogP contribution in [0, 0.1) is 5.82 Å². The Kier molecular flexibility index (Phi) is 6.46. The quantitative estimate of drug-likeness (QED) is 0.653. The van der Waals surface area contributed by atoms with Crippen LogP contribution in [-0.4, -0.2) is 41.9 Å². The lowest BCUT2D eigenvalue weighted by molar-refractivity contribution is -0.127. The molecular weight excluding hydrogens is 419 g/mol. The van der Waals surface area contributed by atoms with Crippen molar-refractivity contribution in [1.82, 2.24) is 9.80 Å². The van der Waals surface area contributed by atoms with Gasteiger partial charge in [0.15, 0.2) is 0 Å². The maximum absolute atomic E-state index is 13.0. The molecule has 136 valence electrons. The van der Waals surface area contributed by atoms with Gasteiger partial charge >= 0.3 is 0 Å². The molecule has 0 aliphatic carbocycles. The Labute approximate surface area is 166 Å². The average molecular weight is 438 g/mol. The first-order valence-corrected chi connectivity index (χ1v) is 9.57. The third-order valence-electron chi connectivity index (χ3n) is 4.37. The molecule has 1 aliphatic heterocycles. The van der Waals surface area contributed by atoms with Crippen molar-refractivity contribution in [2.75, 3.05) is 26.2 Å². The normalized spacial score (nSPS) is 15.6. The van der Waals surface area contributed by atoms with Crippen molar-refractivity contribution in [2.24, 2.45) is 0 Å². The van der Waals surface area contributed by atoms with Gasteiger partial charge < -0.3 is 4.90 Å². The van der Waals surface area contributed by atoms with E-state index in [1.54, 1.807) is 36.4 Å². The second kappa shape index (κ2) is 8.80. The standard InChI is InChI=1S/C20H19BrClFN2O/c21-19-13-17(22)5-3-16(19)4-8-20(26)25-11-9-24(10-12-25)14-15-1-6-18(23)7-2-15/h1-8,13H,9-12,14H2/b8-4+. The van der Waals surface area contributed by atoms with Crippen molar-refractivity contribution in [2.45, 2.75) is 6.54 Å². The summed E-state index contributed by atoms with van der Waals surface area (Å²) in [4.78, 5) is 16.5. The zero-order valence-electron chi connectivity index (χ0n) is 14.2. The molecule has 26 heavy (non-hydrogen) atoms. The lowest BCUT2D eigenvalue weighted by Crippen LogP contribution is -2.47. The van der Waals surface area contributed by atoms with Gasteiger partial charge in [-0.2, -0.15) is 0 Å². The van der Waals surface area contributed by atoms with Crippen LogP contribution in [0.5, 0.6) is 0 Å². The Morgan fingerprint density at radius 2 is 1.81 bits per heavy atom. The van der Waals surface area contributed by atoms with Crippen molar-refractivity contribution in [1.29, 1.82) is 0 Å². The Bertz CT molecular complexity index is 802. The molecule has 0 unspecified atom stereocenters. The fourth-order valence-electron chi connectivity index (χ4n) is 2.88. The van der Waals surface area contributed by atoms with Crippen LogP contribution in [0.2, 0.25) is 5.02 Å². The molecule has 1 amide bonds. The number of amides is 1. The van der Waals surface area contributed by atoms with Crippen molar-refractivity contribution in [3.8, 4) is 0 Å². The van der Waals surface area contributed by atoms with Crippen molar-refractivity contribution in [3.05, 3.63) is 75.0 Å². The Morgan fingerprint density at radius 3 is 2.46 bits per heavy atom. The van der Waals surface area contributed by atoms with Gasteiger partial charge in [-0.15, -0.1) is 0 Å². The van der Waals surface area contributed by atoms with Gasteiger partial charge in [-0.05, 0) is 41.5 Å². The van der Waals surface area contributed by atoms with Crippen molar-refractivity contribution >= 4 is 39.5 Å². The first-order valence-electron chi connectivity index (χ1n) is 8.40. The number of hydrogen-bond acceptors (Lipinski definition) is 2. The maximum atomic E-state index is 13.0. The maximum Gasteiger partial charge on any atom is 0.246 e. The van der Waals surface area contributed by atoms with Gasteiger partial charge in [0, 0.05) is 48.3 Å². The SMILES string of the molecule is O=C(/C=C/c1ccc(Cl)cc1Br)N1CCN(Cc2ccc(F)cc2)CC1. The first kappa shape index (κ1) is 19.1. The summed E-state index contributed by atoms with van der Waals surface area (Å²) in [6.07, 6.45) is 3.40. The number of hydrogen-bond donors (Lipinski definition) is 0. The minimum absolute atomic E-state index is 0.00767. The Balaban J connectivity index is 1.51. The molecular formula is C20H19BrClFN2O. The number of nitrogens with zero attached hydrogens (tertiary/aromatic N) is 2. The van der Waals surface area contributed by atoms with E-state index in [0.717, 1.165) is 35.2 Å². The highest BCUT2D eigenvalue weighted by molar-refractivity contribution is 9.10. The summed E-state index contributed by atoms with van der Waals surface area (Å²) < 4.78 is 13.8. The van der Waals surface area contributed by atoms with E-state index in [0.29, 0.717) is 18.1 Å². The second-order valence-electron chi connectivity index (χ2n) is 6.23. The molecule has 2 aromatic carbocycles. The Morgan fingerprint density at radius 1 is 1.12 bits per heavy atom. The van der Waals surface area contributed by atoms with Crippen molar-refractivity contribution in [3.63, 3.8) is 0 Å². The zero-order valence-corrected chi connectivity index (χ0v) is 16.5. The van der Waals surface area contributed by atoms with Gasteiger partial charge in [-0.1, -0.05) is 45.7 Å². The molecule has 0 radical (unpaired) electrons. The number of benzene rings is 2. The molecule has 0 saturated carbocycles. The highest BCUT2D eigenvalue weighted by Crippen LogP contribution is 2.22. The summed E-state index contributed by atoms with van der Waals surface area (Å²) in [5.74, 6) is -0.212. The monoisotopic (exact) mass is 436 g/mol. The van der Waals surface area contributed by atoms with E-state index in [-0.39, 0.29) is 11.7 Å². The third-order valence-corrected chi connectivity index (χ3v) is 5.29. The molecule has 0 atom stereocenters. The van der Waals surface area contributed by atoms with Crippen LogP contribution in [0.3, 0.4) is 0 Å². The van der Waals surface area contributed by atoms with Gasteiger partial charge in [0.25, 0.3) is 0 Å². The largest absolute Gasteiger partial charge is 0.337 e. The van der Waals surface area contributed by atoms with Gasteiger partial charge in [0.2, 0.25) is 5.91 Å². The van der Waals surface area contributed by atoms with E-state index in [9.17, 15) is 9.18 Å². The molecule has 3 nitrogen and oxygen atoms in total. The molecule has 1 aliphatic rings. The van der Waals surface area contributed by atoms with E-state index in [4.69, 9.17) is 11.6 Å². The smallest absolute Gasteiger partial charge is 0.246 e. The second-order valence-corrected chi connectivity index (χ2v) is 7.52. The summed E-state index contributed by atoms with van der Waals surface area (Å²) in [6.45, 7) is 3.76. The number of rotatable bonds is 4. The number of piperazine rings is 1. The minimum Gasteiger partial charge on any atom is -0.337 e. The fourth-order valence-corrected chi connectivity index (χ4v) is 3.69. The van der Waals surface area contributed by atoms with E-state index < -0.39 is 0 Å². The predicted octanol–water partition coefficient (Wildman–Crippen LogP) is 4.60. The minimum atomic E-state index is -0.219. The summed E-state index contributed by atoms with van der Waals surface area (Å²) in [5, 5.41) is 0.651. The van der Waals surface area contributed by atoms with E-state index in [1.165, 1.54) is 12.1 Å². The van der Waals surface area contributed by atoms with Crippen LogP contribution in [0.4, 0.5) is 4.39 Å². The average Bonchev–Trinajstić information content (AvgIpc) is 2.63. The lowest BCUT2D eigenvalue weighted by Gasteiger charge is -2.34. The summed E-state index contributed by atoms with van der Waals surface area (Å²) in [5.41, 5.74) is 2.00. The first-order chi connectivity index (χ1) is 12.5. The van der Waals surface area contributed by atoms with Crippen LogP contribution in [0.25, 0.3) is 6.08 Å². The molecule has 0 spiro atoms. The zero-order chi connectivity index (χ0) is 18.5. The van der Waals surface area contributed by atoms with E-state index >= 15 is 0 Å². The molecule has 1 saturated heterocycles. The van der Waals surface area contributed by atoms with Crippen LogP contribution < -0.4 is 0 Å². The summed E-state index contributed by atoms with van der Waals surface area (Å²) in [7, 11) is 0.